The molecule has 0 aliphatic carbocycles. The van der Waals surface area contributed by atoms with Gasteiger partial charge in [-0.25, -0.2) is 8.42 Å². The molecule has 2 N–H and O–H groups in total. The number of halogens is 1. The summed E-state index contributed by atoms with van der Waals surface area (Å²) in [6.45, 7) is 3.81. The van der Waals surface area contributed by atoms with E-state index >= 15 is 0 Å². The van der Waals surface area contributed by atoms with Crippen molar-refractivity contribution in [3.8, 4) is 0 Å². The Balaban J connectivity index is 2.18. The second-order valence-electron chi connectivity index (χ2n) is 6.22. The molecule has 2 aromatic carbocycles. The van der Waals surface area contributed by atoms with E-state index in [1.807, 2.05) is 32.2 Å². The fourth-order valence-electron chi connectivity index (χ4n) is 2.40. The first-order valence-corrected chi connectivity index (χ1v) is 12.0. The Kier molecular flexibility index (Phi) is 7.91. The number of hydrogen-bond acceptors (Lipinski definition) is 4. The number of anilines is 1. The summed E-state index contributed by atoms with van der Waals surface area (Å²) in [5, 5.41) is 2.81. The third-order valence-corrected chi connectivity index (χ3v) is 7.00. The van der Waals surface area contributed by atoms with Crippen LogP contribution in [0.3, 0.4) is 0 Å². The third-order valence-electron chi connectivity index (χ3n) is 3.98. The second kappa shape index (κ2) is 9.73. The number of carbonyl (C=O) groups is 1. The quantitative estimate of drug-likeness (QED) is 0.608. The summed E-state index contributed by atoms with van der Waals surface area (Å²) in [4.78, 5) is 12.9. The van der Waals surface area contributed by atoms with Crippen LogP contribution in [0, 0.1) is 13.8 Å². The zero-order valence-corrected chi connectivity index (χ0v) is 18.7. The number of rotatable bonds is 8. The normalized spacial score (nSPS) is 12.6. The van der Waals surface area contributed by atoms with Crippen LogP contribution in [0.5, 0.6) is 0 Å². The van der Waals surface area contributed by atoms with E-state index in [1.165, 1.54) is 0 Å². The number of hydrogen-bond donors (Lipinski definition) is 2. The van der Waals surface area contributed by atoms with Gasteiger partial charge in [0.15, 0.2) is 0 Å². The summed E-state index contributed by atoms with van der Waals surface area (Å²) in [6, 6.07) is 11.1. The second-order valence-corrected chi connectivity index (χ2v) is 9.78. The lowest BCUT2D eigenvalue weighted by molar-refractivity contribution is -0.117. The lowest BCUT2D eigenvalue weighted by Gasteiger charge is -2.18. The van der Waals surface area contributed by atoms with Gasteiger partial charge in [0.1, 0.15) is 6.04 Å². The first-order valence-electron chi connectivity index (χ1n) is 8.38. The maximum Gasteiger partial charge on any atom is 0.242 e. The van der Waals surface area contributed by atoms with Gasteiger partial charge in [0, 0.05) is 10.2 Å². The van der Waals surface area contributed by atoms with Crippen molar-refractivity contribution < 1.29 is 13.2 Å². The maximum absolute atomic E-state index is 12.7. The largest absolute Gasteiger partial charge is 0.325 e. The molecule has 5 nitrogen and oxygen atoms in total. The maximum atomic E-state index is 12.7. The highest BCUT2D eigenvalue weighted by molar-refractivity contribution is 9.10. The van der Waals surface area contributed by atoms with Gasteiger partial charge in [0.05, 0.1) is 4.90 Å². The van der Waals surface area contributed by atoms with Crippen LogP contribution < -0.4 is 10.0 Å². The first-order chi connectivity index (χ1) is 12.7. The van der Waals surface area contributed by atoms with Crippen molar-refractivity contribution >= 4 is 49.3 Å². The lowest BCUT2D eigenvalue weighted by atomic mass is 10.2. The number of aryl methyl sites for hydroxylation is 2. The van der Waals surface area contributed by atoms with E-state index in [4.69, 9.17) is 0 Å². The monoisotopic (exact) mass is 470 g/mol. The Morgan fingerprint density at radius 3 is 2.41 bits per heavy atom. The third kappa shape index (κ3) is 6.34. The molecule has 2 aromatic rings. The average molecular weight is 471 g/mol. The minimum absolute atomic E-state index is 0.148. The number of amides is 1. The standard InChI is InChI=1S/C19H23BrN2O3S2/c1-13-4-7-16(8-5-13)27(24,25)22-18(10-11-26-3)19(23)21-15-6-9-17(20)14(2)12-15/h4-9,12,18,22H,10-11H2,1-3H3,(H,21,23). The van der Waals surface area contributed by atoms with Gasteiger partial charge in [-0.1, -0.05) is 33.6 Å². The highest BCUT2D eigenvalue weighted by Crippen LogP contribution is 2.20. The molecule has 0 saturated heterocycles. The zero-order valence-electron chi connectivity index (χ0n) is 15.5. The molecule has 0 bridgehead atoms. The van der Waals surface area contributed by atoms with Gasteiger partial charge >= 0.3 is 0 Å². The van der Waals surface area contributed by atoms with Crippen LogP contribution >= 0.6 is 27.7 Å². The van der Waals surface area contributed by atoms with E-state index in [2.05, 4.69) is 26.0 Å². The van der Waals surface area contributed by atoms with Gasteiger partial charge in [-0.3, -0.25) is 4.79 Å². The Morgan fingerprint density at radius 2 is 1.81 bits per heavy atom. The van der Waals surface area contributed by atoms with E-state index in [9.17, 15) is 13.2 Å². The van der Waals surface area contributed by atoms with Crippen molar-refractivity contribution in [2.45, 2.75) is 31.2 Å². The van der Waals surface area contributed by atoms with Crippen molar-refractivity contribution in [3.05, 3.63) is 58.1 Å². The van der Waals surface area contributed by atoms with Crippen molar-refractivity contribution in [2.24, 2.45) is 0 Å². The Bertz CT molecular complexity index is 900. The molecular formula is C19H23BrN2O3S2. The fourth-order valence-corrected chi connectivity index (χ4v) is 4.35. The van der Waals surface area contributed by atoms with Crippen LogP contribution in [0.2, 0.25) is 0 Å². The van der Waals surface area contributed by atoms with E-state index in [-0.39, 0.29) is 10.8 Å². The molecule has 0 saturated carbocycles. The summed E-state index contributed by atoms with van der Waals surface area (Å²) in [7, 11) is -3.79. The van der Waals surface area contributed by atoms with Crippen molar-refractivity contribution in [2.75, 3.05) is 17.3 Å². The van der Waals surface area contributed by atoms with Gasteiger partial charge in [0.2, 0.25) is 15.9 Å². The van der Waals surface area contributed by atoms with E-state index in [1.54, 1.807) is 42.1 Å². The number of thioether (sulfide) groups is 1. The van der Waals surface area contributed by atoms with Gasteiger partial charge in [-0.15, -0.1) is 0 Å². The number of sulfonamides is 1. The van der Waals surface area contributed by atoms with Gasteiger partial charge in [-0.2, -0.15) is 16.5 Å². The molecule has 1 atom stereocenters. The van der Waals surface area contributed by atoms with Crippen LogP contribution in [0.1, 0.15) is 17.5 Å². The average Bonchev–Trinajstić information content (AvgIpc) is 2.62. The number of nitrogens with one attached hydrogen (secondary N) is 2. The molecule has 0 heterocycles. The van der Waals surface area contributed by atoms with Gasteiger partial charge in [0.25, 0.3) is 0 Å². The van der Waals surface area contributed by atoms with Crippen LogP contribution in [-0.4, -0.2) is 32.4 Å². The SMILES string of the molecule is CSCCC(NS(=O)(=O)c1ccc(C)cc1)C(=O)Nc1ccc(Br)c(C)c1. The minimum atomic E-state index is -3.79. The molecule has 0 radical (unpaired) electrons. The van der Waals surface area contributed by atoms with Gasteiger partial charge < -0.3 is 5.32 Å². The molecule has 0 aliphatic heterocycles. The first kappa shape index (κ1) is 21.9. The van der Waals surface area contributed by atoms with E-state index < -0.39 is 16.1 Å². The molecule has 8 heteroatoms. The molecule has 2 rings (SSSR count). The molecule has 1 amide bonds. The lowest BCUT2D eigenvalue weighted by Crippen LogP contribution is -2.44. The van der Waals surface area contributed by atoms with E-state index in [0.717, 1.165) is 15.6 Å². The predicted octanol–water partition coefficient (Wildman–Crippen LogP) is 4.10. The number of benzene rings is 2. The Hall–Kier alpha value is -1.35. The van der Waals surface area contributed by atoms with Crippen LogP contribution in [-0.2, 0) is 14.8 Å². The fraction of sp³-hybridized carbons (Fsp3) is 0.316. The smallest absolute Gasteiger partial charge is 0.242 e. The number of carbonyl (C=O) groups excluding carboxylic acids is 1. The van der Waals surface area contributed by atoms with Crippen LogP contribution in [0.4, 0.5) is 5.69 Å². The molecule has 0 fully saturated rings. The minimum Gasteiger partial charge on any atom is -0.325 e. The Morgan fingerprint density at radius 1 is 1.15 bits per heavy atom. The highest BCUT2D eigenvalue weighted by atomic mass is 79.9. The molecule has 27 heavy (non-hydrogen) atoms. The molecular weight excluding hydrogens is 448 g/mol. The molecule has 0 aliphatic rings. The Labute approximate surface area is 173 Å². The van der Waals surface area contributed by atoms with Crippen molar-refractivity contribution in [1.82, 2.24) is 4.72 Å². The predicted molar refractivity (Wildman–Crippen MR) is 116 cm³/mol. The summed E-state index contributed by atoms with van der Waals surface area (Å²) in [5.41, 5.74) is 2.58. The van der Waals surface area contributed by atoms with Crippen molar-refractivity contribution in [1.29, 1.82) is 0 Å². The molecule has 0 aromatic heterocycles. The summed E-state index contributed by atoms with van der Waals surface area (Å²) < 4.78 is 28.8. The summed E-state index contributed by atoms with van der Waals surface area (Å²) in [5.74, 6) is 0.287. The topological polar surface area (TPSA) is 75.3 Å². The zero-order chi connectivity index (χ0) is 20.0. The summed E-state index contributed by atoms with van der Waals surface area (Å²) in [6.07, 6.45) is 2.31. The van der Waals surface area contributed by atoms with Crippen LogP contribution in [0.25, 0.3) is 0 Å². The molecule has 1 unspecified atom stereocenters. The van der Waals surface area contributed by atoms with Crippen molar-refractivity contribution in [3.63, 3.8) is 0 Å². The summed E-state index contributed by atoms with van der Waals surface area (Å²) >= 11 is 4.98. The molecule has 0 spiro atoms. The highest BCUT2D eigenvalue weighted by Gasteiger charge is 2.25. The van der Waals surface area contributed by atoms with Crippen LogP contribution in [0.15, 0.2) is 51.8 Å². The van der Waals surface area contributed by atoms with Gasteiger partial charge in [-0.05, 0) is 68.2 Å². The molecule has 146 valence electrons. The van der Waals surface area contributed by atoms with E-state index in [0.29, 0.717) is 17.9 Å².